The van der Waals surface area contributed by atoms with Crippen molar-refractivity contribution in [3.05, 3.63) is 29.9 Å². The van der Waals surface area contributed by atoms with Crippen LogP contribution in [0.15, 0.2) is 23.0 Å². The molecule has 0 unspecified atom stereocenters. The van der Waals surface area contributed by atoms with E-state index >= 15 is 0 Å². The summed E-state index contributed by atoms with van der Waals surface area (Å²) < 4.78 is 7.27. The van der Waals surface area contributed by atoms with Gasteiger partial charge in [0.25, 0.3) is 0 Å². The fourth-order valence-electron chi connectivity index (χ4n) is 2.46. The van der Waals surface area contributed by atoms with Crippen molar-refractivity contribution in [1.29, 1.82) is 0 Å². The number of hydrogen-bond acceptors (Lipinski definition) is 4. The molecule has 3 aromatic rings. The van der Waals surface area contributed by atoms with Crippen molar-refractivity contribution in [2.45, 2.75) is 13.8 Å². The summed E-state index contributed by atoms with van der Waals surface area (Å²) in [4.78, 5) is 4.42. The monoisotopic (exact) mass is 256 g/mol. The van der Waals surface area contributed by atoms with Crippen molar-refractivity contribution in [2.24, 2.45) is 7.05 Å². The van der Waals surface area contributed by atoms with Crippen LogP contribution in [0, 0.1) is 13.8 Å². The zero-order valence-electron chi connectivity index (χ0n) is 11.5. The molecule has 0 amide bonds. The molecule has 0 spiro atoms. The van der Waals surface area contributed by atoms with Gasteiger partial charge in [-0.25, -0.2) is 4.98 Å². The zero-order valence-corrected chi connectivity index (χ0v) is 11.5. The molecule has 0 fully saturated rings. The predicted octanol–water partition coefficient (Wildman–Crippen LogP) is 2.89. The molecule has 98 valence electrons. The summed E-state index contributed by atoms with van der Waals surface area (Å²) in [5, 5.41) is 7.22. The van der Waals surface area contributed by atoms with Crippen LogP contribution in [0.1, 0.15) is 11.5 Å². The molecule has 0 saturated heterocycles. The third-order valence-corrected chi connectivity index (χ3v) is 3.42. The maximum atomic E-state index is 5.25. The molecule has 2 aromatic heterocycles. The first-order valence-corrected chi connectivity index (χ1v) is 6.18. The average molecular weight is 256 g/mol. The van der Waals surface area contributed by atoms with E-state index in [1.54, 1.807) is 0 Å². The summed E-state index contributed by atoms with van der Waals surface area (Å²) in [6.07, 6.45) is 1.82. The van der Waals surface area contributed by atoms with Crippen molar-refractivity contribution in [1.82, 2.24) is 14.7 Å². The van der Waals surface area contributed by atoms with E-state index in [4.69, 9.17) is 4.52 Å². The Kier molecular flexibility index (Phi) is 2.55. The lowest BCUT2D eigenvalue weighted by molar-refractivity contribution is 0.393. The van der Waals surface area contributed by atoms with Gasteiger partial charge in [-0.3, -0.25) is 0 Å². The Balaban J connectivity index is 2.33. The SMILES string of the molecule is CNc1cc(-c2c(C)noc2C)cc2c1ncn2C. The number of nitrogens with zero attached hydrogens (tertiary/aromatic N) is 3. The van der Waals surface area contributed by atoms with Gasteiger partial charge < -0.3 is 14.4 Å². The number of aryl methyl sites for hydroxylation is 3. The Labute approximate surface area is 111 Å². The minimum atomic E-state index is 0.834. The first kappa shape index (κ1) is 11.8. The molecule has 0 atom stereocenters. The number of nitrogens with one attached hydrogen (secondary N) is 1. The van der Waals surface area contributed by atoms with E-state index in [1.807, 2.05) is 38.8 Å². The molecule has 2 heterocycles. The van der Waals surface area contributed by atoms with E-state index in [-0.39, 0.29) is 0 Å². The molecule has 0 aliphatic carbocycles. The Hall–Kier alpha value is -2.30. The molecule has 0 bridgehead atoms. The molecule has 0 radical (unpaired) electrons. The van der Waals surface area contributed by atoms with Crippen LogP contribution < -0.4 is 5.32 Å². The predicted molar refractivity (Wildman–Crippen MR) is 75.2 cm³/mol. The Morgan fingerprint density at radius 3 is 2.68 bits per heavy atom. The highest BCUT2D eigenvalue weighted by Crippen LogP contribution is 2.33. The quantitative estimate of drug-likeness (QED) is 0.766. The van der Waals surface area contributed by atoms with Gasteiger partial charge in [0, 0.05) is 19.7 Å². The lowest BCUT2D eigenvalue weighted by Crippen LogP contribution is -1.93. The lowest BCUT2D eigenvalue weighted by atomic mass is 10.0. The fourth-order valence-corrected chi connectivity index (χ4v) is 2.46. The minimum Gasteiger partial charge on any atom is -0.386 e. The number of hydrogen-bond donors (Lipinski definition) is 1. The third-order valence-electron chi connectivity index (χ3n) is 3.42. The number of imidazole rings is 1. The molecule has 0 aliphatic heterocycles. The first-order valence-electron chi connectivity index (χ1n) is 6.18. The van der Waals surface area contributed by atoms with Crippen molar-refractivity contribution < 1.29 is 4.52 Å². The van der Waals surface area contributed by atoms with E-state index in [0.29, 0.717) is 0 Å². The molecule has 19 heavy (non-hydrogen) atoms. The lowest BCUT2D eigenvalue weighted by Gasteiger charge is -2.07. The van der Waals surface area contributed by atoms with E-state index in [0.717, 1.165) is 39.3 Å². The van der Waals surface area contributed by atoms with Gasteiger partial charge in [-0.15, -0.1) is 0 Å². The molecule has 0 saturated carbocycles. The molecule has 1 aromatic carbocycles. The molecule has 3 rings (SSSR count). The molecular weight excluding hydrogens is 240 g/mol. The van der Waals surface area contributed by atoms with Gasteiger partial charge in [0.05, 0.1) is 23.2 Å². The van der Waals surface area contributed by atoms with Crippen LogP contribution in [0.3, 0.4) is 0 Å². The first-order chi connectivity index (χ1) is 9.11. The normalized spacial score (nSPS) is 11.2. The van der Waals surface area contributed by atoms with Crippen LogP contribution in [-0.2, 0) is 7.05 Å². The van der Waals surface area contributed by atoms with Crippen LogP contribution in [0.2, 0.25) is 0 Å². The van der Waals surface area contributed by atoms with Gasteiger partial charge in [-0.1, -0.05) is 5.16 Å². The molecular formula is C14H16N4O. The average Bonchev–Trinajstić information content (AvgIpc) is 2.93. The Bertz CT molecular complexity index is 735. The van der Waals surface area contributed by atoms with E-state index < -0.39 is 0 Å². The zero-order chi connectivity index (χ0) is 13.6. The molecule has 5 heteroatoms. The topological polar surface area (TPSA) is 55.9 Å². The largest absolute Gasteiger partial charge is 0.386 e. The van der Waals surface area contributed by atoms with Crippen LogP contribution in [0.25, 0.3) is 22.2 Å². The second-order valence-corrected chi connectivity index (χ2v) is 4.70. The van der Waals surface area contributed by atoms with Gasteiger partial charge in [0.2, 0.25) is 0 Å². The summed E-state index contributed by atoms with van der Waals surface area (Å²) in [6.45, 7) is 3.89. The summed E-state index contributed by atoms with van der Waals surface area (Å²) in [7, 11) is 3.90. The van der Waals surface area contributed by atoms with E-state index in [1.165, 1.54) is 0 Å². The Morgan fingerprint density at radius 2 is 2.05 bits per heavy atom. The van der Waals surface area contributed by atoms with Crippen LogP contribution >= 0.6 is 0 Å². The van der Waals surface area contributed by atoms with Crippen molar-refractivity contribution in [2.75, 3.05) is 12.4 Å². The number of fused-ring (bicyclic) bond motifs is 1. The highest BCUT2D eigenvalue weighted by atomic mass is 16.5. The summed E-state index contributed by atoms with van der Waals surface area (Å²) in [5.41, 5.74) is 6.12. The van der Waals surface area contributed by atoms with E-state index in [9.17, 15) is 0 Å². The number of rotatable bonds is 2. The number of benzene rings is 1. The fraction of sp³-hybridized carbons (Fsp3) is 0.286. The van der Waals surface area contributed by atoms with Crippen molar-refractivity contribution in [3.63, 3.8) is 0 Å². The van der Waals surface area contributed by atoms with Crippen molar-refractivity contribution >= 4 is 16.7 Å². The molecule has 0 aliphatic rings. The Morgan fingerprint density at radius 1 is 1.26 bits per heavy atom. The summed E-state index contributed by atoms with van der Waals surface area (Å²) >= 11 is 0. The second kappa shape index (κ2) is 4.12. The third kappa shape index (κ3) is 1.69. The summed E-state index contributed by atoms with van der Waals surface area (Å²) in [6, 6.07) is 4.21. The second-order valence-electron chi connectivity index (χ2n) is 4.70. The molecule has 5 nitrogen and oxygen atoms in total. The highest BCUT2D eigenvalue weighted by molar-refractivity contribution is 5.93. The smallest absolute Gasteiger partial charge is 0.141 e. The maximum Gasteiger partial charge on any atom is 0.141 e. The van der Waals surface area contributed by atoms with Gasteiger partial charge in [0.1, 0.15) is 11.3 Å². The van der Waals surface area contributed by atoms with E-state index in [2.05, 4.69) is 27.6 Å². The highest BCUT2D eigenvalue weighted by Gasteiger charge is 2.15. The van der Waals surface area contributed by atoms with Crippen LogP contribution in [0.4, 0.5) is 5.69 Å². The van der Waals surface area contributed by atoms with Gasteiger partial charge in [-0.05, 0) is 31.5 Å². The number of aromatic nitrogens is 3. The van der Waals surface area contributed by atoms with Crippen LogP contribution in [-0.4, -0.2) is 21.8 Å². The standard InChI is InChI=1S/C14H16N4O/c1-8-13(9(2)19-17-8)10-5-11(15-3)14-12(6-10)18(4)7-16-14/h5-7,15H,1-4H3. The maximum absolute atomic E-state index is 5.25. The van der Waals surface area contributed by atoms with Gasteiger partial charge >= 0.3 is 0 Å². The van der Waals surface area contributed by atoms with Gasteiger partial charge in [-0.2, -0.15) is 0 Å². The molecule has 1 N–H and O–H groups in total. The number of anilines is 1. The van der Waals surface area contributed by atoms with Crippen LogP contribution in [0.5, 0.6) is 0 Å². The van der Waals surface area contributed by atoms with Crippen molar-refractivity contribution in [3.8, 4) is 11.1 Å². The minimum absolute atomic E-state index is 0.834. The summed E-state index contributed by atoms with van der Waals surface area (Å²) in [5.74, 6) is 0.834. The van der Waals surface area contributed by atoms with Gasteiger partial charge in [0.15, 0.2) is 0 Å².